The first-order chi connectivity index (χ1) is 16.3. The first-order valence-electron chi connectivity index (χ1n) is 13.5. The number of carbonyl (C=O) groups excluding carboxylic acids is 2. The minimum Gasteiger partial charge on any atom is -0.462 e. The molecule has 0 aliphatic heterocycles. The SMILES string of the molecule is CC(C)OC(=O)C(C)(C)C(=O)C=C[C@@H](C)[C@H]1CC[C@H]2C(=CC=C3C[C@@H](O)C[C@H](O)C3)CCC[C@]12C. The first kappa shape index (κ1) is 27.9. The highest BCUT2D eigenvalue weighted by molar-refractivity contribution is 6.08. The Kier molecular flexibility index (Phi) is 8.86. The summed E-state index contributed by atoms with van der Waals surface area (Å²) < 4.78 is 5.29. The van der Waals surface area contributed by atoms with Crippen molar-refractivity contribution in [1.82, 2.24) is 0 Å². The average Bonchev–Trinajstić information content (AvgIpc) is 3.12. The molecule has 3 fully saturated rings. The number of fused-ring (bicyclic) bond motifs is 1. The maximum Gasteiger partial charge on any atom is 0.319 e. The van der Waals surface area contributed by atoms with Crippen LogP contribution in [0.25, 0.3) is 0 Å². The van der Waals surface area contributed by atoms with Crippen LogP contribution in [0.15, 0.2) is 35.5 Å². The molecule has 0 aromatic heterocycles. The van der Waals surface area contributed by atoms with Crippen molar-refractivity contribution in [2.75, 3.05) is 0 Å². The van der Waals surface area contributed by atoms with Crippen LogP contribution in [0.3, 0.4) is 0 Å². The van der Waals surface area contributed by atoms with Crippen molar-refractivity contribution < 1.29 is 24.5 Å². The van der Waals surface area contributed by atoms with Crippen molar-refractivity contribution in [3.63, 3.8) is 0 Å². The van der Waals surface area contributed by atoms with Crippen LogP contribution in [0, 0.1) is 28.6 Å². The van der Waals surface area contributed by atoms with Crippen LogP contribution < -0.4 is 0 Å². The lowest BCUT2D eigenvalue weighted by molar-refractivity contribution is -0.160. The van der Waals surface area contributed by atoms with Gasteiger partial charge in [-0.15, -0.1) is 0 Å². The van der Waals surface area contributed by atoms with Crippen molar-refractivity contribution in [3.8, 4) is 0 Å². The molecule has 3 aliphatic carbocycles. The monoisotopic (exact) mass is 486 g/mol. The van der Waals surface area contributed by atoms with E-state index in [-0.39, 0.29) is 23.2 Å². The smallest absolute Gasteiger partial charge is 0.319 e. The number of aliphatic hydroxyl groups excluding tert-OH is 2. The summed E-state index contributed by atoms with van der Waals surface area (Å²) in [5.41, 5.74) is 1.64. The summed E-state index contributed by atoms with van der Waals surface area (Å²) in [6, 6.07) is 0. The van der Waals surface area contributed by atoms with Crippen LogP contribution in [0.2, 0.25) is 0 Å². The van der Waals surface area contributed by atoms with Gasteiger partial charge in [-0.1, -0.05) is 43.2 Å². The molecule has 0 saturated heterocycles. The molecule has 3 aliphatic rings. The highest BCUT2D eigenvalue weighted by atomic mass is 16.5. The molecule has 0 spiro atoms. The average molecular weight is 487 g/mol. The molecule has 5 nitrogen and oxygen atoms in total. The van der Waals surface area contributed by atoms with Gasteiger partial charge in [-0.25, -0.2) is 0 Å². The maximum atomic E-state index is 12.9. The molecule has 0 amide bonds. The van der Waals surface area contributed by atoms with E-state index in [2.05, 4.69) is 26.0 Å². The van der Waals surface area contributed by atoms with Crippen molar-refractivity contribution in [3.05, 3.63) is 35.5 Å². The van der Waals surface area contributed by atoms with Crippen molar-refractivity contribution >= 4 is 11.8 Å². The van der Waals surface area contributed by atoms with Crippen molar-refractivity contribution in [1.29, 1.82) is 0 Å². The zero-order valence-electron chi connectivity index (χ0n) is 22.5. The van der Waals surface area contributed by atoms with Crippen LogP contribution >= 0.6 is 0 Å². The number of allylic oxidation sites excluding steroid dienone is 5. The predicted octanol–water partition coefficient (Wildman–Crippen LogP) is 5.70. The van der Waals surface area contributed by atoms with Crippen LogP contribution in [0.5, 0.6) is 0 Å². The number of aliphatic hydroxyl groups is 2. The third kappa shape index (κ3) is 6.35. The number of esters is 1. The van der Waals surface area contributed by atoms with Gasteiger partial charge in [0.1, 0.15) is 5.41 Å². The van der Waals surface area contributed by atoms with E-state index in [0.717, 1.165) is 31.3 Å². The Morgan fingerprint density at radius 1 is 1.09 bits per heavy atom. The molecule has 0 aromatic carbocycles. The Morgan fingerprint density at radius 2 is 1.74 bits per heavy atom. The number of ketones is 1. The lowest BCUT2D eigenvalue weighted by atomic mass is 9.61. The molecule has 5 heteroatoms. The van der Waals surface area contributed by atoms with E-state index in [1.807, 2.05) is 6.08 Å². The first-order valence-corrected chi connectivity index (χ1v) is 13.5. The number of rotatable bonds is 7. The third-order valence-corrected chi connectivity index (χ3v) is 8.77. The largest absolute Gasteiger partial charge is 0.462 e. The van der Waals surface area contributed by atoms with Gasteiger partial charge in [-0.05, 0) is 108 Å². The second kappa shape index (κ2) is 11.1. The van der Waals surface area contributed by atoms with E-state index < -0.39 is 23.6 Å². The molecular formula is C30H46O5. The van der Waals surface area contributed by atoms with E-state index in [4.69, 9.17) is 4.74 Å². The van der Waals surface area contributed by atoms with Gasteiger partial charge in [0.15, 0.2) is 5.78 Å². The summed E-state index contributed by atoms with van der Waals surface area (Å²) in [6.45, 7) is 11.5. The van der Waals surface area contributed by atoms with Crippen LogP contribution in [0.4, 0.5) is 0 Å². The number of hydrogen-bond donors (Lipinski definition) is 2. The number of carbonyl (C=O) groups is 2. The summed E-state index contributed by atoms with van der Waals surface area (Å²) in [4.78, 5) is 25.3. The topological polar surface area (TPSA) is 83.8 Å². The normalized spacial score (nSPS) is 33.7. The second-order valence-corrected chi connectivity index (χ2v) is 12.3. The van der Waals surface area contributed by atoms with Gasteiger partial charge in [0.05, 0.1) is 18.3 Å². The van der Waals surface area contributed by atoms with E-state index in [1.54, 1.807) is 33.8 Å². The standard InChI is InChI=1S/C30H46O5/c1-19(2)35-28(34)29(4,5)27(33)14-9-20(3)25-12-13-26-22(8-7-15-30(25,26)6)11-10-21-16-23(31)18-24(32)17-21/h9-11,14,19-20,23-26,31-32H,7-8,12-13,15-18H2,1-6H3/t20-,23-,24-,25-,26+,30-/m1/s1. The Bertz CT molecular complexity index is 867. The van der Waals surface area contributed by atoms with Crippen LogP contribution in [0.1, 0.15) is 92.9 Å². The summed E-state index contributed by atoms with van der Waals surface area (Å²) in [5.74, 6) is 0.573. The van der Waals surface area contributed by atoms with Gasteiger partial charge >= 0.3 is 5.97 Å². The molecule has 196 valence electrons. The molecule has 6 atom stereocenters. The molecule has 0 radical (unpaired) electrons. The molecule has 0 aromatic rings. The van der Waals surface area contributed by atoms with Gasteiger partial charge in [0, 0.05) is 0 Å². The lowest BCUT2D eigenvalue weighted by Gasteiger charge is -2.44. The van der Waals surface area contributed by atoms with Gasteiger partial charge in [0.25, 0.3) is 0 Å². The molecule has 35 heavy (non-hydrogen) atoms. The van der Waals surface area contributed by atoms with Crippen molar-refractivity contribution in [2.45, 2.75) is 111 Å². The molecule has 3 rings (SSSR count). The summed E-state index contributed by atoms with van der Waals surface area (Å²) in [5, 5.41) is 20.0. The quantitative estimate of drug-likeness (QED) is 0.274. The zero-order valence-corrected chi connectivity index (χ0v) is 22.5. The van der Waals surface area contributed by atoms with E-state index in [0.29, 0.717) is 31.1 Å². The number of hydrogen-bond acceptors (Lipinski definition) is 5. The fourth-order valence-corrected chi connectivity index (χ4v) is 6.72. The van der Waals surface area contributed by atoms with Gasteiger partial charge in [0.2, 0.25) is 0 Å². The minimum atomic E-state index is -1.18. The zero-order chi connectivity index (χ0) is 26.0. The summed E-state index contributed by atoms with van der Waals surface area (Å²) in [6.07, 6.45) is 14.4. The van der Waals surface area contributed by atoms with Gasteiger partial charge < -0.3 is 14.9 Å². The van der Waals surface area contributed by atoms with Gasteiger partial charge in [-0.2, -0.15) is 0 Å². The third-order valence-electron chi connectivity index (χ3n) is 8.77. The van der Waals surface area contributed by atoms with Gasteiger partial charge in [-0.3, -0.25) is 9.59 Å². The highest BCUT2D eigenvalue weighted by Gasteiger charge is 2.50. The highest BCUT2D eigenvalue weighted by Crippen LogP contribution is 2.59. The van der Waals surface area contributed by atoms with E-state index in [9.17, 15) is 19.8 Å². The fraction of sp³-hybridized carbons (Fsp3) is 0.733. The van der Waals surface area contributed by atoms with E-state index >= 15 is 0 Å². The van der Waals surface area contributed by atoms with E-state index in [1.165, 1.54) is 12.0 Å². The Hall–Kier alpha value is -1.72. The molecular weight excluding hydrogens is 440 g/mol. The predicted molar refractivity (Wildman–Crippen MR) is 139 cm³/mol. The Balaban J connectivity index is 1.70. The Morgan fingerprint density at radius 3 is 2.37 bits per heavy atom. The Labute approximate surface area is 211 Å². The molecule has 2 N–H and O–H groups in total. The van der Waals surface area contributed by atoms with Crippen LogP contribution in [-0.2, 0) is 14.3 Å². The van der Waals surface area contributed by atoms with Crippen LogP contribution in [-0.4, -0.2) is 40.3 Å². The molecule has 0 bridgehead atoms. The second-order valence-electron chi connectivity index (χ2n) is 12.3. The molecule has 0 unspecified atom stereocenters. The molecule has 0 heterocycles. The van der Waals surface area contributed by atoms with Crippen molar-refractivity contribution in [2.24, 2.45) is 28.6 Å². The number of ether oxygens (including phenoxy) is 1. The summed E-state index contributed by atoms with van der Waals surface area (Å²) >= 11 is 0. The fourth-order valence-electron chi connectivity index (χ4n) is 6.72. The minimum absolute atomic E-state index is 0.188. The maximum absolute atomic E-state index is 12.9. The lowest BCUT2D eigenvalue weighted by Crippen LogP contribution is -2.36. The summed E-state index contributed by atoms with van der Waals surface area (Å²) in [7, 11) is 0. The molecule has 3 saturated carbocycles.